The molecular formula is C19H12BrFO2. The molecular weight excluding hydrogens is 359 g/mol. The Labute approximate surface area is 141 Å². The van der Waals surface area contributed by atoms with Crippen LogP contribution in [0.3, 0.4) is 0 Å². The normalized spacial score (nSPS) is 10.3. The number of carbonyl (C=O) groups is 1. The molecule has 0 aliphatic heterocycles. The van der Waals surface area contributed by atoms with Gasteiger partial charge in [-0.05, 0) is 72.8 Å². The van der Waals surface area contributed by atoms with Crippen molar-refractivity contribution < 1.29 is 13.9 Å². The fraction of sp³-hybridized carbons (Fsp3) is 0. The van der Waals surface area contributed by atoms with Gasteiger partial charge in [-0.15, -0.1) is 0 Å². The third-order valence-corrected chi connectivity index (χ3v) is 3.80. The van der Waals surface area contributed by atoms with Crippen molar-refractivity contribution in [2.24, 2.45) is 0 Å². The molecule has 0 spiro atoms. The molecule has 4 heteroatoms. The monoisotopic (exact) mass is 370 g/mol. The van der Waals surface area contributed by atoms with Crippen molar-refractivity contribution in [1.29, 1.82) is 0 Å². The summed E-state index contributed by atoms with van der Waals surface area (Å²) in [5, 5.41) is 0. The maximum absolute atomic E-state index is 12.9. The number of hydrogen-bond donors (Lipinski definition) is 0. The molecule has 0 amide bonds. The van der Waals surface area contributed by atoms with Gasteiger partial charge in [-0.25, -0.2) is 4.39 Å². The van der Waals surface area contributed by atoms with Crippen LogP contribution >= 0.6 is 15.9 Å². The zero-order chi connectivity index (χ0) is 16.2. The van der Waals surface area contributed by atoms with E-state index in [9.17, 15) is 9.18 Å². The van der Waals surface area contributed by atoms with E-state index in [1.54, 1.807) is 24.3 Å². The maximum atomic E-state index is 12.9. The topological polar surface area (TPSA) is 26.3 Å². The molecule has 3 rings (SSSR count). The molecule has 3 aromatic rings. The molecule has 0 bridgehead atoms. The highest BCUT2D eigenvalue weighted by molar-refractivity contribution is 9.10. The minimum Gasteiger partial charge on any atom is -0.457 e. The maximum Gasteiger partial charge on any atom is 0.193 e. The van der Waals surface area contributed by atoms with E-state index in [0.29, 0.717) is 22.6 Å². The first-order chi connectivity index (χ1) is 11.1. The highest BCUT2D eigenvalue weighted by atomic mass is 79.9. The SMILES string of the molecule is O=C(c1ccc(F)cc1)c1ccc(Oc2ccc(Br)cc2)cc1. The Morgan fingerprint density at radius 3 is 1.70 bits per heavy atom. The van der Waals surface area contributed by atoms with E-state index in [4.69, 9.17) is 4.74 Å². The number of carbonyl (C=O) groups excluding carboxylic acids is 1. The van der Waals surface area contributed by atoms with Gasteiger partial charge in [-0.1, -0.05) is 15.9 Å². The Balaban J connectivity index is 1.75. The standard InChI is InChI=1S/C19H12BrFO2/c20-15-5-11-18(12-6-15)23-17-9-3-14(4-10-17)19(22)13-1-7-16(21)8-2-13/h1-12H. The summed E-state index contributed by atoms with van der Waals surface area (Å²) >= 11 is 3.37. The number of hydrogen-bond acceptors (Lipinski definition) is 2. The fourth-order valence-corrected chi connectivity index (χ4v) is 2.35. The van der Waals surface area contributed by atoms with E-state index < -0.39 is 0 Å². The van der Waals surface area contributed by atoms with E-state index in [2.05, 4.69) is 15.9 Å². The van der Waals surface area contributed by atoms with Crippen LogP contribution in [-0.2, 0) is 0 Å². The zero-order valence-electron chi connectivity index (χ0n) is 12.0. The fourth-order valence-electron chi connectivity index (χ4n) is 2.08. The Bertz CT molecular complexity index is 809. The Morgan fingerprint density at radius 1 is 0.739 bits per heavy atom. The summed E-state index contributed by atoms with van der Waals surface area (Å²) in [6, 6.07) is 19.8. The Kier molecular flexibility index (Phi) is 4.53. The molecule has 0 aromatic heterocycles. The summed E-state index contributed by atoms with van der Waals surface area (Å²) < 4.78 is 19.6. The van der Waals surface area contributed by atoms with E-state index in [1.165, 1.54) is 24.3 Å². The van der Waals surface area contributed by atoms with Crippen LogP contribution in [0.5, 0.6) is 11.5 Å². The third-order valence-electron chi connectivity index (χ3n) is 3.27. The average Bonchev–Trinajstić information content (AvgIpc) is 2.58. The van der Waals surface area contributed by atoms with Gasteiger partial charge in [0.2, 0.25) is 0 Å². The molecule has 0 atom stereocenters. The van der Waals surface area contributed by atoms with Crippen LogP contribution in [0.25, 0.3) is 0 Å². The molecule has 0 unspecified atom stereocenters. The number of halogens is 2. The second-order valence-corrected chi connectivity index (χ2v) is 5.83. The predicted molar refractivity (Wildman–Crippen MR) is 90.5 cm³/mol. The van der Waals surface area contributed by atoms with Crippen molar-refractivity contribution in [3.63, 3.8) is 0 Å². The van der Waals surface area contributed by atoms with Crippen LogP contribution in [0.1, 0.15) is 15.9 Å². The van der Waals surface area contributed by atoms with Crippen LogP contribution in [0.4, 0.5) is 4.39 Å². The van der Waals surface area contributed by atoms with Gasteiger partial charge in [0.25, 0.3) is 0 Å². The van der Waals surface area contributed by atoms with Crippen molar-refractivity contribution >= 4 is 21.7 Å². The molecule has 0 N–H and O–H groups in total. The number of ether oxygens (including phenoxy) is 1. The van der Waals surface area contributed by atoms with Crippen LogP contribution in [0, 0.1) is 5.82 Å². The van der Waals surface area contributed by atoms with Crippen LogP contribution < -0.4 is 4.74 Å². The van der Waals surface area contributed by atoms with Gasteiger partial charge in [0.1, 0.15) is 17.3 Å². The van der Waals surface area contributed by atoms with Crippen molar-refractivity contribution in [1.82, 2.24) is 0 Å². The van der Waals surface area contributed by atoms with Crippen LogP contribution in [-0.4, -0.2) is 5.78 Å². The van der Waals surface area contributed by atoms with Crippen molar-refractivity contribution in [3.05, 3.63) is 94.2 Å². The first-order valence-corrected chi connectivity index (χ1v) is 7.75. The van der Waals surface area contributed by atoms with Crippen molar-refractivity contribution in [2.75, 3.05) is 0 Å². The molecule has 0 fully saturated rings. The molecule has 0 radical (unpaired) electrons. The molecule has 23 heavy (non-hydrogen) atoms. The lowest BCUT2D eigenvalue weighted by Crippen LogP contribution is -2.01. The summed E-state index contributed by atoms with van der Waals surface area (Å²) in [4.78, 5) is 12.3. The summed E-state index contributed by atoms with van der Waals surface area (Å²) in [5.74, 6) is 0.841. The van der Waals surface area contributed by atoms with Gasteiger partial charge in [0, 0.05) is 15.6 Å². The van der Waals surface area contributed by atoms with E-state index >= 15 is 0 Å². The summed E-state index contributed by atoms with van der Waals surface area (Å²) in [6.07, 6.45) is 0. The average molecular weight is 371 g/mol. The summed E-state index contributed by atoms with van der Waals surface area (Å²) in [7, 11) is 0. The Hall–Kier alpha value is -2.46. The molecule has 3 aromatic carbocycles. The first-order valence-electron chi connectivity index (χ1n) is 6.95. The van der Waals surface area contributed by atoms with Gasteiger partial charge in [0.15, 0.2) is 5.78 Å². The second kappa shape index (κ2) is 6.75. The zero-order valence-corrected chi connectivity index (χ0v) is 13.6. The first kappa shape index (κ1) is 15.4. The third kappa shape index (κ3) is 3.85. The van der Waals surface area contributed by atoms with Crippen molar-refractivity contribution in [2.45, 2.75) is 0 Å². The number of ketones is 1. The quantitative estimate of drug-likeness (QED) is 0.557. The minimum atomic E-state index is -0.361. The second-order valence-electron chi connectivity index (χ2n) is 4.92. The van der Waals surface area contributed by atoms with Gasteiger partial charge < -0.3 is 4.74 Å². The molecule has 2 nitrogen and oxygen atoms in total. The van der Waals surface area contributed by atoms with Gasteiger partial charge in [0.05, 0.1) is 0 Å². The summed E-state index contributed by atoms with van der Waals surface area (Å²) in [6.45, 7) is 0. The lowest BCUT2D eigenvalue weighted by atomic mass is 10.0. The lowest BCUT2D eigenvalue weighted by molar-refractivity contribution is 0.103. The van der Waals surface area contributed by atoms with Gasteiger partial charge in [-0.2, -0.15) is 0 Å². The number of benzene rings is 3. The molecule has 0 saturated heterocycles. The predicted octanol–water partition coefficient (Wildman–Crippen LogP) is 5.61. The molecule has 0 saturated carbocycles. The van der Waals surface area contributed by atoms with Gasteiger partial charge in [-0.3, -0.25) is 4.79 Å². The van der Waals surface area contributed by atoms with E-state index in [1.807, 2.05) is 24.3 Å². The van der Waals surface area contributed by atoms with E-state index in [0.717, 1.165) is 4.47 Å². The summed E-state index contributed by atoms with van der Waals surface area (Å²) in [5.41, 5.74) is 0.979. The smallest absolute Gasteiger partial charge is 0.193 e. The lowest BCUT2D eigenvalue weighted by Gasteiger charge is -2.07. The molecule has 114 valence electrons. The molecule has 0 heterocycles. The molecule has 0 aliphatic carbocycles. The Morgan fingerprint density at radius 2 is 1.17 bits per heavy atom. The van der Waals surface area contributed by atoms with Gasteiger partial charge >= 0.3 is 0 Å². The van der Waals surface area contributed by atoms with Crippen LogP contribution in [0.15, 0.2) is 77.3 Å². The highest BCUT2D eigenvalue weighted by Crippen LogP contribution is 2.24. The highest BCUT2D eigenvalue weighted by Gasteiger charge is 2.09. The van der Waals surface area contributed by atoms with Crippen molar-refractivity contribution in [3.8, 4) is 11.5 Å². The van der Waals surface area contributed by atoms with Crippen LogP contribution in [0.2, 0.25) is 0 Å². The number of rotatable bonds is 4. The largest absolute Gasteiger partial charge is 0.457 e. The minimum absolute atomic E-state index is 0.153. The van der Waals surface area contributed by atoms with E-state index in [-0.39, 0.29) is 11.6 Å². The molecule has 0 aliphatic rings.